The number of aromatic nitrogens is 3. The number of hydrogen-bond acceptors (Lipinski definition) is 5. The molecule has 6 heteroatoms. The van der Waals surface area contributed by atoms with Crippen LogP contribution in [0.15, 0.2) is 85.1 Å². The molecule has 126 valence electrons. The summed E-state index contributed by atoms with van der Waals surface area (Å²) in [6, 6.07) is 17.3. The van der Waals surface area contributed by atoms with E-state index in [1.165, 1.54) is 6.33 Å². The van der Waals surface area contributed by atoms with Gasteiger partial charge in [0.1, 0.15) is 36.5 Å². The molecule has 2 aromatic carbocycles. The van der Waals surface area contributed by atoms with Crippen LogP contribution in [-0.2, 0) is 11.4 Å². The van der Waals surface area contributed by atoms with Gasteiger partial charge in [-0.1, -0.05) is 36.0 Å². The van der Waals surface area contributed by atoms with Crippen LogP contribution in [0.2, 0.25) is 0 Å². The molecule has 0 aliphatic carbocycles. The molecule has 0 fully saturated rings. The third kappa shape index (κ3) is 4.78. The SMILES string of the molecule is C=CCO/N=C(/Cn1cncn1)c1ccc(Oc2ccccc2)cc1. The predicted molar refractivity (Wildman–Crippen MR) is 95.7 cm³/mol. The van der Waals surface area contributed by atoms with Crippen LogP contribution in [0.4, 0.5) is 0 Å². The highest BCUT2D eigenvalue weighted by Crippen LogP contribution is 2.21. The molecule has 0 atom stereocenters. The van der Waals surface area contributed by atoms with E-state index in [4.69, 9.17) is 9.57 Å². The third-order valence-corrected chi connectivity index (χ3v) is 3.31. The Hall–Kier alpha value is -3.41. The van der Waals surface area contributed by atoms with E-state index in [1.54, 1.807) is 17.1 Å². The Morgan fingerprint density at radius 1 is 1.08 bits per heavy atom. The van der Waals surface area contributed by atoms with Crippen molar-refractivity contribution in [2.45, 2.75) is 6.54 Å². The fourth-order valence-corrected chi connectivity index (χ4v) is 2.15. The molecule has 0 radical (unpaired) electrons. The Morgan fingerprint density at radius 3 is 2.52 bits per heavy atom. The molecule has 25 heavy (non-hydrogen) atoms. The van der Waals surface area contributed by atoms with E-state index in [0.717, 1.165) is 22.8 Å². The minimum Gasteiger partial charge on any atom is -0.457 e. The summed E-state index contributed by atoms with van der Waals surface area (Å²) >= 11 is 0. The quantitative estimate of drug-likeness (QED) is 0.273. The molecule has 0 saturated carbocycles. The van der Waals surface area contributed by atoms with Gasteiger partial charge < -0.3 is 9.57 Å². The van der Waals surface area contributed by atoms with Crippen molar-refractivity contribution in [3.05, 3.63) is 85.5 Å². The van der Waals surface area contributed by atoms with Crippen molar-refractivity contribution >= 4 is 5.71 Å². The molecule has 0 spiro atoms. The minimum atomic E-state index is 0.343. The van der Waals surface area contributed by atoms with Gasteiger partial charge in [0.2, 0.25) is 0 Å². The zero-order valence-electron chi connectivity index (χ0n) is 13.7. The molecule has 0 aliphatic heterocycles. The average molecular weight is 334 g/mol. The van der Waals surface area contributed by atoms with E-state index in [9.17, 15) is 0 Å². The van der Waals surface area contributed by atoms with Crippen LogP contribution >= 0.6 is 0 Å². The first-order chi connectivity index (χ1) is 12.3. The minimum absolute atomic E-state index is 0.343. The van der Waals surface area contributed by atoms with E-state index >= 15 is 0 Å². The maximum Gasteiger partial charge on any atom is 0.137 e. The van der Waals surface area contributed by atoms with Crippen LogP contribution in [0, 0.1) is 0 Å². The predicted octanol–water partition coefficient (Wildman–Crippen LogP) is 3.68. The van der Waals surface area contributed by atoms with Crippen LogP contribution in [0.25, 0.3) is 0 Å². The van der Waals surface area contributed by atoms with E-state index in [1.807, 2.05) is 54.6 Å². The van der Waals surface area contributed by atoms with E-state index < -0.39 is 0 Å². The molecule has 0 unspecified atom stereocenters. The standard InChI is InChI=1S/C19H18N4O2/c1-2-12-24-22-19(13-23-15-20-14-21-23)16-8-10-18(11-9-16)25-17-6-4-3-5-7-17/h2-11,14-15H,1,12-13H2/b22-19-. The first-order valence-electron chi connectivity index (χ1n) is 7.80. The highest BCUT2D eigenvalue weighted by atomic mass is 16.6. The van der Waals surface area contributed by atoms with Crippen molar-refractivity contribution in [1.82, 2.24) is 14.8 Å². The second kappa shape index (κ2) is 8.44. The van der Waals surface area contributed by atoms with Gasteiger partial charge in [-0.25, -0.2) is 9.67 Å². The molecule has 3 aromatic rings. The van der Waals surface area contributed by atoms with Crippen molar-refractivity contribution in [3.63, 3.8) is 0 Å². The van der Waals surface area contributed by atoms with Gasteiger partial charge in [-0.3, -0.25) is 0 Å². The summed E-state index contributed by atoms with van der Waals surface area (Å²) in [5, 5.41) is 8.30. The molecule has 1 heterocycles. The maximum absolute atomic E-state index is 5.81. The van der Waals surface area contributed by atoms with Crippen LogP contribution < -0.4 is 4.74 Å². The Kier molecular flexibility index (Phi) is 5.56. The van der Waals surface area contributed by atoms with Crippen molar-refractivity contribution in [2.75, 3.05) is 6.61 Å². The third-order valence-electron chi connectivity index (χ3n) is 3.31. The topological polar surface area (TPSA) is 61.5 Å². The number of oxime groups is 1. The number of rotatable bonds is 8. The highest BCUT2D eigenvalue weighted by molar-refractivity contribution is 6.00. The molecule has 0 aliphatic rings. The largest absolute Gasteiger partial charge is 0.457 e. The Bertz CT molecular complexity index is 812. The Labute approximate surface area is 146 Å². The van der Waals surface area contributed by atoms with E-state index in [0.29, 0.717) is 13.2 Å². The number of nitrogens with zero attached hydrogens (tertiary/aromatic N) is 4. The van der Waals surface area contributed by atoms with Gasteiger partial charge in [0.05, 0.1) is 6.54 Å². The summed E-state index contributed by atoms with van der Waals surface area (Å²) in [6.07, 6.45) is 4.77. The summed E-state index contributed by atoms with van der Waals surface area (Å²) in [5.74, 6) is 1.54. The highest BCUT2D eigenvalue weighted by Gasteiger charge is 2.08. The zero-order chi connectivity index (χ0) is 17.3. The number of para-hydroxylation sites is 1. The Morgan fingerprint density at radius 2 is 1.84 bits per heavy atom. The van der Waals surface area contributed by atoms with Gasteiger partial charge in [-0.15, -0.1) is 0 Å². The fraction of sp³-hybridized carbons (Fsp3) is 0.105. The summed E-state index contributed by atoms with van der Waals surface area (Å²) in [4.78, 5) is 9.20. The molecular weight excluding hydrogens is 316 g/mol. The van der Waals surface area contributed by atoms with Gasteiger partial charge in [0.15, 0.2) is 0 Å². The Balaban J connectivity index is 1.75. The number of benzene rings is 2. The number of ether oxygens (including phenoxy) is 1. The molecule has 0 bridgehead atoms. The second-order valence-electron chi connectivity index (χ2n) is 5.15. The lowest BCUT2D eigenvalue weighted by atomic mass is 10.1. The molecule has 0 amide bonds. The van der Waals surface area contributed by atoms with Crippen molar-refractivity contribution < 1.29 is 9.57 Å². The van der Waals surface area contributed by atoms with Crippen LogP contribution in [0.1, 0.15) is 5.56 Å². The summed E-state index contributed by atoms with van der Waals surface area (Å²) < 4.78 is 7.49. The molecule has 6 nitrogen and oxygen atoms in total. The van der Waals surface area contributed by atoms with Gasteiger partial charge in [-0.05, 0) is 36.4 Å². The normalized spacial score (nSPS) is 11.1. The van der Waals surface area contributed by atoms with Crippen molar-refractivity contribution in [1.29, 1.82) is 0 Å². The van der Waals surface area contributed by atoms with Crippen molar-refractivity contribution in [2.24, 2.45) is 5.16 Å². The fourth-order valence-electron chi connectivity index (χ4n) is 2.15. The molecule has 0 saturated heterocycles. The molecule has 3 rings (SSSR count). The summed E-state index contributed by atoms with van der Waals surface area (Å²) in [7, 11) is 0. The van der Waals surface area contributed by atoms with Crippen LogP contribution in [-0.4, -0.2) is 27.1 Å². The van der Waals surface area contributed by atoms with Gasteiger partial charge in [-0.2, -0.15) is 5.10 Å². The number of hydrogen-bond donors (Lipinski definition) is 0. The summed E-state index contributed by atoms with van der Waals surface area (Å²) in [5.41, 5.74) is 1.65. The molecule has 1 aromatic heterocycles. The smallest absolute Gasteiger partial charge is 0.137 e. The summed E-state index contributed by atoms with van der Waals surface area (Å²) in [6.45, 7) is 4.42. The second-order valence-corrected chi connectivity index (χ2v) is 5.15. The maximum atomic E-state index is 5.81. The van der Waals surface area contributed by atoms with E-state index in [2.05, 4.69) is 21.8 Å². The van der Waals surface area contributed by atoms with Crippen LogP contribution in [0.5, 0.6) is 11.5 Å². The lowest BCUT2D eigenvalue weighted by Gasteiger charge is -2.09. The van der Waals surface area contributed by atoms with Crippen molar-refractivity contribution in [3.8, 4) is 11.5 Å². The first kappa shape index (κ1) is 16.4. The lowest BCUT2D eigenvalue weighted by molar-refractivity contribution is 0.174. The molecule has 0 N–H and O–H groups in total. The monoisotopic (exact) mass is 334 g/mol. The molecular formula is C19H18N4O2. The average Bonchev–Trinajstić information content (AvgIpc) is 3.16. The zero-order valence-corrected chi connectivity index (χ0v) is 13.7. The van der Waals surface area contributed by atoms with Gasteiger partial charge in [0, 0.05) is 5.56 Å². The lowest BCUT2D eigenvalue weighted by Crippen LogP contribution is -2.13. The van der Waals surface area contributed by atoms with E-state index in [-0.39, 0.29) is 0 Å². The first-order valence-corrected chi connectivity index (χ1v) is 7.80. The van der Waals surface area contributed by atoms with Gasteiger partial charge in [0.25, 0.3) is 0 Å². The van der Waals surface area contributed by atoms with Gasteiger partial charge >= 0.3 is 0 Å². The van der Waals surface area contributed by atoms with Crippen LogP contribution in [0.3, 0.4) is 0 Å².